The molecule has 0 bridgehead atoms. The van der Waals surface area contributed by atoms with E-state index in [0.29, 0.717) is 51.7 Å². The molecule has 5 amide bonds. The molecule has 5 N–H and O–H groups in total. The van der Waals surface area contributed by atoms with E-state index in [-0.39, 0.29) is 44.3 Å². The van der Waals surface area contributed by atoms with E-state index < -0.39 is 53.4 Å². The Morgan fingerprint density at radius 3 is 1.61 bits per heavy atom. The molecule has 0 saturated carbocycles. The molecule has 0 unspecified atom stereocenters. The van der Waals surface area contributed by atoms with Crippen LogP contribution >= 0.6 is 0 Å². The zero-order chi connectivity index (χ0) is 48.7. The highest BCUT2D eigenvalue weighted by Gasteiger charge is 2.31. The molecule has 0 saturated heterocycles. The number of hydrogen-bond acceptors (Lipinski definition) is 10. The van der Waals surface area contributed by atoms with Crippen molar-refractivity contribution in [1.29, 1.82) is 0 Å². The first kappa shape index (κ1) is 53.5. The van der Waals surface area contributed by atoms with Crippen LogP contribution in [0.1, 0.15) is 141 Å². The number of carbonyl (C=O) groups excluding carboxylic acids is 6. The van der Waals surface area contributed by atoms with Gasteiger partial charge in [-0.1, -0.05) is 98.1 Å². The molecule has 1 aliphatic carbocycles. The minimum Gasteiger partial charge on any atom is -0.458 e. The molecule has 366 valence electrons. The molecular weight excluding hydrogens is 855 g/mol. The van der Waals surface area contributed by atoms with Crippen LogP contribution in [0, 0.1) is 0 Å². The van der Waals surface area contributed by atoms with E-state index in [0.717, 1.165) is 42.4 Å². The first-order chi connectivity index (χ1) is 32.0. The van der Waals surface area contributed by atoms with Crippen LogP contribution in [0.2, 0.25) is 0 Å². The second-order valence-corrected chi connectivity index (χ2v) is 18.9. The zero-order valence-electron chi connectivity index (χ0n) is 40.3. The Kier molecular flexibility index (Phi) is 22.0. The van der Waals surface area contributed by atoms with Gasteiger partial charge >= 0.3 is 24.2 Å². The number of ether oxygens (including phenoxy) is 4. The summed E-state index contributed by atoms with van der Waals surface area (Å²) in [6.45, 7) is 12.1. The minimum absolute atomic E-state index is 0.00228. The summed E-state index contributed by atoms with van der Waals surface area (Å²) in [6.07, 6.45) is 5.02. The number of amides is 5. The predicted molar refractivity (Wildman–Crippen MR) is 257 cm³/mol. The van der Waals surface area contributed by atoms with Gasteiger partial charge in [-0.15, -0.1) is 0 Å². The number of hydrogen-bond donors (Lipinski definition) is 5. The van der Waals surface area contributed by atoms with E-state index in [2.05, 4.69) is 50.8 Å². The number of alkyl carbamates (subject to hydrolysis) is 3. The molecule has 3 aromatic carbocycles. The number of unbranched alkanes of at least 4 members (excludes halogenated alkanes) is 6. The molecule has 0 spiro atoms. The quantitative estimate of drug-likeness (QED) is 0.0294. The Labute approximate surface area is 396 Å². The first-order valence-corrected chi connectivity index (χ1v) is 23.8. The van der Waals surface area contributed by atoms with Gasteiger partial charge in [-0.25, -0.2) is 19.2 Å². The maximum atomic E-state index is 13.8. The van der Waals surface area contributed by atoms with Crippen molar-refractivity contribution < 1.29 is 47.7 Å². The average molecular weight is 928 g/mol. The van der Waals surface area contributed by atoms with Crippen LogP contribution in [0.3, 0.4) is 0 Å². The van der Waals surface area contributed by atoms with Crippen molar-refractivity contribution in [3.8, 4) is 11.1 Å². The second-order valence-electron chi connectivity index (χ2n) is 18.9. The molecule has 0 aromatic heterocycles. The molecule has 15 heteroatoms. The van der Waals surface area contributed by atoms with Gasteiger partial charge in [-0.3, -0.25) is 9.59 Å². The predicted octanol–water partition coefficient (Wildman–Crippen LogP) is 8.97. The number of fused-ring (bicyclic) bond motifs is 3. The largest absolute Gasteiger partial charge is 0.458 e. The van der Waals surface area contributed by atoms with Crippen molar-refractivity contribution in [2.24, 2.45) is 0 Å². The van der Waals surface area contributed by atoms with Crippen molar-refractivity contribution in [1.82, 2.24) is 26.6 Å². The van der Waals surface area contributed by atoms with Gasteiger partial charge in [0.2, 0.25) is 11.8 Å². The summed E-state index contributed by atoms with van der Waals surface area (Å²) in [4.78, 5) is 77.4. The van der Waals surface area contributed by atoms with Crippen LogP contribution in [-0.2, 0) is 39.9 Å². The number of rotatable bonds is 26. The first-order valence-electron chi connectivity index (χ1n) is 23.8. The maximum absolute atomic E-state index is 13.8. The molecule has 15 nitrogen and oxygen atoms in total. The van der Waals surface area contributed by atoms with E-state index in [1.165, 1.54) is 11.1 Å². The third kappa shape index (κ3) is 20.5. The van der Waals surface area contributed by atoms with Gasteiger partial charge < -0.3 is 45.5 Å². The SMILES string of the molecule is CC(C)(C)OC(=O)NCCCC[C@H](NC(=O)CCCCCCCNC(=O)OCC1c2ccccc2-c2ccccc21)C(=O)N[C@@H](CCCCNC(=O)OCc1ccccc1)C(=O)OC(C)(C)C. The van der Waals surface area contributed by atoms with Crippen LogP contribution in [0.4, 0.5) is 14.4 Å². The fourth-order valence-corrected chi connectivity index (χ4v) is 7.63. The Morgan fingerprint density at radius 2 is 1.01 bits per heavy atom. The third-order valence-electron chi connectivity index (χ3n) is 10.8. The number of nitrogens with one attached hydrogen (secondary N) is 5. The monoisotopic (exact) mass is 928 g/mol. The lowest BCUT2D eigenvalue weighted by atomic mass is 9.98. The van der Waals surface area contributed by atoms with Crippen molar-refractivity contribution in [3.05, 3.63) is 95.6 Å². The van der Waals surface area contributed by atoms with Gasteiger partial charge in [-0.2, -0.15) is 0 Å². The summed E-state index contributed by atoms with van der Waals surface area (Å²) in [5.41, 5.74) is 4.09. The highest BCUT2D eigenvalue weighted by molar-refractivity contribution is 5.90. The molecule has 67 heavy (non-hydrogen) atoms. The van der Waals surface area contributed by atoms with Gasteiger partial charge in [0.15, 0.2) is 0 Å². The van der Waals surface area contributed by atoms with Gasteiger partial charge in [0.1, 0.15) is 36.5 Å². The summed E-state index contributed by atoms with van der Waals surface area (Å²) in [5, 5.41) is 14.0. The molecule has 0 aliphatic heterocycles. The van der Waals surface area contributed by atoms with Crippen molar-refractivity contribution >= 4 is 36.1 Å². The lowest BCUT2D eigenvalue weighted by molar-refractivity contribution is -0.159. The van der Waals surface area contributed by atoms with Crippen LogP contribution in [-0.4, -0.2) is 85.6 Å². The third-order valence-corrected chi connectivity index (χ3v) is 10.8. The zero-order valence-corrected chi connectivity index (χ0v) is 40.3. The van der Waals surface area contributed by atoms with Gasteiger partial charge in [0.25, 0.3) is 0 Å². The van der Waals surface area contributed by atoms with E-state index >= 15 is 0 Å². The molecule has 0 fully saturated rings. The Balaban J connectivity index is 1.20. The van der Waals surface area contributed by atoms with Gasteiger partial charge in [-0.05, 0) is 121 Å². The standard InChI is InChI=1S/C52H73N5O10/c1-51(2,3)66-47(60)44(30-19-22-33-54-48(61)64-35-37-23-11-10-12-24-37)57-46(59)43(29-18-21-34-55-50(63)67-52(4,5)6)56-45(58)31-13-8-7-9-20-32-53-49(62)65-36-42-40-27-16-14-25-38(40)39-26-15-17-28-41(39)42/h10-12,14-17,23-28,42-44H,7-9,13,18-22,29-36H2,1-6H3,(H,53,62)(H,54,61)(H,55,63)(H,56,58)(H,57,59)/t43-,44-/m0/s1. The fraction of sp³-hybridized carbons (Fsp3) is 0.538. The molecule has 1 aliphatic rings. The topological polar surface area (TPSA) is 199 Å². The van der Waals surface area contributed by atoms with Crippen molar-refractivity contribution in [2.45, 2.75) is 154 Å². The number of carbonyl (C=O) groups is 6. The van der Waals surface area contributed by atoms with Crippen LogP contribution in [0.5, 0.6) is 0 Å². The Bertz CT molecular complexity index is 2000. The summed E-state index contributed by atoms with van der Waals surface area (Å²) >= 11 is 0. The molecule has 3 aromatic rings. The van der Waals surface area contributed by atoms with E-state index in [1.54, 1.807) is 41.5 Å². The summed E-state index contributed by atoms with van der Waals surface area (Å²) < 4.78 is 21.9. The Hall–Kier alpha value is -6.12. The molecule has 0 radical (unpaired) electrons. The lowest BCUT2D eigenvalue weighted by Gasteiger charge is -2.26. The van der Waals surface area contributed by atoms with Gasteiger partial charge in [0.05, 0.1) is 0 Å². The fourth-order valence-electron chi connectivity index (χ4n) is 7.63. The van der Waals surface area contributed by atoms with Crippen LogP contribution in [0.25, 0.3) is 11.1 Å². The number of esters is 1. The summed E-state index contributed by atoms with van der Waals surface area (Å²) in [7, 11) is 0. The minimum atomic E-state index is -0.997. The second kappa shape index (κ2) is 27.5. The lowest BCUT2D eigenvalue weighted by Crippen LogP contribution is -2.52. The molecule has 4 rings (SSSR count). The highest BCUT2D eigenvalue weighted by Crippen LogP contribution is 2.44. The van der Waals surface area contributed by atoms with Gasteiger partial charge in [0, 0.05) is 32.0 Å². The van der Waals surface area contributed by atoms with Crippen LogP contribution < -0.4 is 26.6 Å². The summed E-state index contributed by atoms with van der Waals surface area (Å²) in [5.74, 6) is -1.41. The van der Waals surface area contributed by atoms with Crippen molar-refractivity contribution in [2.75, 3.05) is 26.2 Å². The van der Waals surface area contributed by atoms with Crippen LogP contribution in [0.15, 0.2) is 78.9 Å². The van der Waals surface area contributed by atoms with E-state index in [1.807, 2.05) is 54.6 Å². The molecule has 0 heterocycles. The Morgan fingerprint density at radius 1 is 0.522 bits per heavy atom. The molecule has 2 atom stereocenters. The maximum Gasteiger partial charge on any atom is 0.407 e. The van der Waals surface area contributed by atoms with Crippen molar-refractivity contribution in [3.63, 3.8) is 0 Å². The number of benzene rings is 3. The normalized spacial score (nSPS) is 12.9. The summed E-state index contributed by atoms with van der Waals surface area (Å²) in [6, 6.07) is 23.8. The van der Waals surface area contributed by atoms with E-state index in [4.69, 9.17) is 18.9 Å². The highest BCUT2D eigenvalue weighted by atomic mass is 16.6. The molecular formula is C52H73N5O10. The smallest absolute Gasteiger partial charge is 0.407 e. The average Bonchev–Trinajstić information content (AvgIpc) is 3.59. The van der Waals surface area contributed by atoms with E-state index in [9.17, 15) is 28.8 Å².